The summed E-state index contributed by atoms with van der Waals surface area (Å²) in [5, 5.41) is 10.2. The molecule has 0 amide bonds. The monoisotopic (exact) mass is 300 g/mol. The molecule has 0 aliphatic rings. The standard InChI is InChI=1S/C16H24N6/c1-11(2)7-8-18-16(17)19-10-13-5-4-6-14(9-13)15-20-12(3)21-22-15/h4-6,9,11H,7-8,10H2,1-3H3,(H3,17,18,19)(H,20,21,22). The van der Waals surface area contributed by atoms with Gasteiger partial charge in [-0.3, -0.25) is 5.10 Å². The molecule has 2 rings (SSSR count). The van der Waals surface area contributed by atoms with Gasteiger partial charge in [-0.15, -0.1) is 0 Å². The first-order chi connectivity index (χ1) is 10.5. The molecule has 0 bridgehead atoms. The van der Waals surface area contributed by atoms with Crippen LogP contribution in [-0.4, -0.2) is 27.7 Å². The van der Waals surface area contributed by atoms with E-state index < -0.39 is 0 Å². The SMILES string of the molecule is Cc1nc(-c2cccc(CN=C(N)NCCC(C)C)c2)n[nH]1. The number of hydrogen-bond donors (Lipinski definition) is 3. The minimum Gasteiger partial charge on any atom is -0.370 e. The van der Waals surface area contributed by atoms with Gasteiger partial charge in [0, 0.05) is 12.1 Å². The molecule has 1 aromatic carbocycles. The minimum absolute atomic E-state index is 0.486. The van der Waals surface area contributed by atoms with Crippen molar-refractivity contribution in [3.63, 3.8) is 0 Å². The number of aromatic nitrogens is 3. The third kappa shape index (κ3) is 4.87. The lowest BCUT2D eigenvalue weighted by Gasteiger charge is -2.07. The second-order valence-corrected chi connectivity index (χ2v) is 5.76. The largest absolute Gasteiger partial charge is 0.370 e. The van der Waals surface area contributed by atoms with Crippen LogP contribution < -0.4 is 11.1 Å². The number of hydrogen-bond acceptors (Lipinski definition) is 3. The Morgan fingerprint density at radius 3 is 2.91 bits per heavy atom. The summed E-state index contributed by atoms with van der Waals surface area (Å²) in [5.41, 5.74) is 7.92. The number of nitrogens with one attached hydrogen (secondary N) is 2. The van der Waals surface area contributed by atoms with Crippen molar-refractivity contribution in [2.75, 3.05) is 6.54 Å². The molecule has 1 aromatic heterocycles. The van der Waals surface area contributed by atoms with E-state index in [1.807, 2.05) is 31.2 Å². The van der Waals surface area contributed by atoms with Crippen LogP contribution >= 0.6 is 0 Å². The Morgan fingerprint density at radius 2 is 2.23 bits per heavy atom. The number of aromatic amines is 1. The fourth-order valence-corrected chi connectivity index (χ4v) is 2.00. The van der Waals surface area contributed by atoms with Crippen LogP contribution in [0.1, 0.15) is 31.7 Å². The van der Waals surface area contributed by atoms with Gasteiger partial charge in [0.15, 0.2) is 11.8 Å². The average Bonchev–Trinajstić information content (AvgIpc) is 2.92. The molecule has 22 heavy (non-hydrogen) atoms. The second kappa shape index (κ2) is 7.59. The number of benzene rings is 1. The van der Waals surface area contributed by atoms with E-state index in [9.17, 15) is 0 Å². The Bertz CT molecular complexity index is 629. The van der Waals surface area contributed by atoms with Crippen LogP contribution in [0.3, 0.4) is 0 Å². The van der Waals surface area contributed by atoms with Crippen molar-refractivity contribution >= 4 is 5.96 Å². The Morgan fingerprint density at radius 1 is 1.41 bits per heavy atom. The van der Waals surface area contributed by atoms with Gasteiger partial charge in [-0.2, -0.15) is 5.10 Å². The van der Waals surface area contributed by atoms with E-state index in [4.69, 9.17) is 5.73 Å². The Balaban J connectivity index is 1.95. The first kappa shape index (κ1) is 16.0. The molecule has 6 heteroatoms. The molecule has 1 heterocycles. The molecule has 0 aliphatic carbocycles. The molecular formula is C16H24N6. The summed E-state index contributed by atoms with van der Waals surface area (Å²) in [7, 11) is 0. The van der Waals surface area contributed by atoms with Gasteiger partial charge < -0.3 is 11.1 Å². The highest BCUT2D eigenvalue weighted by molar-refractivity contribution is 5.77. The fourth-order valence-electron chi connectivity index (χ4n) is 2.00. The number of nitrogens with zero attached hydrogens (tertiary/aromatic N) is 3. The van der Waals surface area contributed by atoms with E-state index in [1.165, 1.54) is 0 Å². The predicted octanol–water partition coefficient (Wildman–Crippen LogP) is 2.23. The molecule has 118 valence electrons. The predicted molar refractivity (Wildman–Crippen MR) is 89.3 cm³/mol. The van der Waals surface area contributed by atoms with Crippen molar-refractivity contribution in [2.24, 2.45) is 16.6 Å². The maximum Gasteiger partial charge on any atom is 0.188 e. The van der Waals surface area contributed by atoms with Crippen molar-refractivity contribution in [3.8, 4) is 11.4 Å². The number of rotatable bonds is 6. The van der Waals surface area contributed by atoms with E-state index in [1.54, 1.807) is 0 Å². The van der Waals surface area contributed by atoms with E-state index in [0.717, 1.165) is 29.9 Å². The topological polar surface area (TPSA) is 92.0 Å². The van der Waals surface area contributed by atoms with Gasteiger partial charge in [-0.25, -0.2) is 9.98 Å². The summed E-state index contributed by atoms with van der Waals surface area (Å²) in [6.07, 6.45) is 1.08. The van der Waals surface area contributed by atoms with Crippen LogP contribution in [-0.2, 0) is 6.54 Å². The lowest BCUT2D eigenvalue weighted by Crippen LogP contribution is -2.32. The van der Waals surface area contributed by atoms with E-state index in [2.05, 4.69) is 39.3 Å². The number of nitrogens with two attached hydrogens (primary N) is 1. The quantitative estimate of drug-likeness (QED) is 0.563. The molecule has 0 unspecified atom stereocenters. The molecule has 0 saturated carbocycles. The summed E-state index contributed by atoms with van der Waals surface area (Å²) in [4.78, 5) is 8.70. The Hall–Kier alpha value is -2.37. The van der Waals surface area contributed by atoms with Crippen LogP contribution in [0.2, 0.25) is 0 Å². The summed E-state index contributed by atoms with van der Waals surface area (Å²) in [6.45, 7) is 7.64. The zero-order valence-electron chi connectivity index (χ0n) is 13.4. The zero-order chi connectivity index (χ0) is 15.9. The van der Waals surface area contributed by atoms with Crippen molar-refractivity contribution in [1.82, 2.24) is 20.5 Å². The lowest BCUT2D eigenvalue weighted by atomic mass is 10.1. The first-order valence-corrected chi connectivity index (χ1v) is 7.56. The van der Waals surface area contributed by atoms with E-state index in [-0.39, 0.29) is 0 Å². The molecule has 0 atom stereocenters. The average molecular weight is 300 g/mol. The van der Waals surface area contributed by atoms with Gasteiger partial charge in [-0.05, 0) is 30.9 Å². The van der Waals surface area contributed by atoms with Gasteiger partial charge in [0.2, 0.25) is 0 Å². The van der Waals surface area contributed by atoms with Gasteiger partial charge in [0.25, 0.3) is 0 Å². The molecular weight excluding hydrogens is 276 g/mol. The smallest absolute Gasteiger partial charge is 0.188 e. The molecule has 2 aromatic rings. The summed E-state index contributed by atoms with van der Waals surface area (Å²) < 4.78 is 0. The highest BCUT2D eigenvalue weighted by atomic mass is 15.2. The zero-order valence-corrected chi connectivity index (χ0v) is 13.4. The van der Waals surface area contributed by atoms with E-state index in [0.29, 0.717) is 24.2 Å². The molecule has 0 radical (unpaired) electrons. The minimum atomic E-state index is 0.486. The summed E-state index contributed by atoms with van der Waals surface area (Å²) >= 11 is 0. The van der Waals surface area contributed by atoms with Crippen molar-refractivity contribution in [1.29, 1.82) is 0 Å². The third-order valence-corrected chi connectivity index (χ3v) is 3.24. The Kier molecular flexibility index (Phi) is 5.52. The van der Waals surface area contributed by atoms with Crippen LogP contribution in [0.15, 0.2) is 29.3 Å². The maximum absolute atomic E-state index is 5.87. The van der Waals surface area contributed by atoms with Crippen LogP contribution in [0.4, 0.5) is 0 Å². The number of aliphatic imine (C=N–C) groups is 1. The van der Waals surface area contributed by atoms with Crippen molar-refractivity contribution < 1.29 is 0 Å². The molecule has 0 saturated heterocycles. The Labute approximate surface area is 131 Å². The van der Waals surface area contributed by atoms with Gasteiger partial charge >= 0.3 is 0 Å². The van der Waals surface area contributed by atoms with E-state index >= 15 is 0 Å². The lowest BCUT2D eigenvalue weighted by molar-refractivity contribution is 0.576. The van der Waals surface area contributed by atoms with Gasteiger partial charge in [0.05, 0.1) is 6.54 Å². The molecule has 6 nitrogen and oxygen atoms in total. The van der Waals surface area contributed by atoms with Gasteiger partial charge in [-0.1, -0.05) is 32.0 Å². The summed E-state index contributed by atoms with van der Waals surface area (Å²) in [6, 6.07) is 8.02. The number of aryl methyl sites for hydroxylation is 1. The van der Waals surface area contributed by atoms with Crippen LogP contribution in [0.5, 0.6) is 0 Å². The molecule has 4 N–H and O–H groups in total. The third-order valence-electron chi connectivity index (χ3n) is 3.24. The molecule has 0 fully saturated rings. The number of H-pyrrole nitrogens is 1. The maximum atomic E-state index is 5.87. The molecule has 0 spiro atoms. The first-order valence-electron chi connectivity index (χ1n) is 7.56. The van der Waals surface area contributed by atoms with Crippen molar-refractivity contribution in [2.45, 2.75) is 33.7 Å². The molecule has 0 aliphatic heterocycles. The van der Waals surface area contributed by atoms with Crippen LogP contribution in [0.25, 0.3) is 11.4 Å². The highest BCUT2D eigenvalue weighted by Gasteiger charge is 2.04. The highest BCUT2D eigenvalue weighted by Crippen LogP contribution is 2.16. The van der Waals surface area contributed by atoms with Crippen LogP contribution in [0, 0.1) is 12.8 Å². The van der Waals surface area contributed by atoms with Gasteiger partial charge in [0.1, 0.15) is 5.82 Å². The number of guanidine groups is 1. The second-order valence-electron chi connectivity index (χ2n) is 5.76. The normalized spacial score (nSPS) is 11.9. The fraction of sp³-hybridized carbons (Fsp3) is 0.438. The summed E-state index contributed by atoms with van der Waals surface area (Å²) in [5.74, 6) is 2.64. The van der Waals surface area contributed by atoms with Crippen molar-refractivity contribution in [3.05, 3.63) is 35.7 Å².